The lowest BCUT2D eigenvalue weighted by Gasteiger charge is -2.37. The molecule has 13 nitrogen and oxygen atoms in total. The Hall–Kier alpha value is -2.77. The number of aliphatic hydroxyl groups excluding tert-OH is 1. The van der Waals surface area contributed by atoms with Gasteiger partial charge in [-0.25, -0.2) is 4.98 Å². The quantitative estimate of drug-likeness (QED) is 0.240. The molecule has 1 aliphatic heterocycles. The number of amides is 1. The summed E-state index contributed by atoms with van der Waals surface area (Å²) in [5, 5.41) is 17.6. The SMILES string of the molecule is CC(C)C(=O)Nc1nc2c(ncn2[C@@H]2O[C@@H]3C(O[Si](C)(C)C(C)(C)C)C3(N=[N+]=[N-])[C@@H]2O)c(=O)[nH]1. The molecule has 5 atom stereocenters. The zero-order chi connectivity index (χ0) is 25.2. The second kappa shape index (κ2) is 7.88. The van der Waals surface area contributed by atoms with Gasteiger partial charge < -0.3 is 14.3 Å². The van der Waals surface area contributed by atoms with Crippen molar-refractivity contribution in [3.05, 3.63) is 27.1 Å². The molecule has 1 saturated heterocycles. The molecule has 2 aliphatic rings. The summed E-state index contributed by atoms with van der Waals surface area (Å²) in [6.07, 6.45) is -2.19. The van der Waals surface area contributed by atoms with E-state index in [1.165, 1.54) is 10.9 Å². The summed E-state index contributed by atoms with van der Waals surface area (Å²) in [5.74, 6) is -0.682. The van der Waals surface area contributed by atoms with Gasteiger partial charge in [0.2, 0.25) is 11.9 Å². The van der Waals surface area contributed by atoms with E-state index in [2.05, 4.69) is 64.2 Å². The van der Waals surface area contributed by atoms with Gasteiger partial charge in [-0.2, -0.15) is 4.98 Å². The highest BCUT2D eigenvalue weighted by atomic mass is 28.4. The van der Waals surface area contributed by atoms with Gasteiger partial charge in [0.05, 0.1) is 12.4 Å². The first kappa shape index (κ1) is 24.4. The predicted molar refractivity (Wildman–Crippen MR) is 125 cm³/mol. The van der Waals surface area contributed by atoms with Gasteiger partial charge in [-0.15, -0.1) is 0 Å². The van der Waals surface area contributed by atoms with Gasteiger partial charge in [0, 0.05) is 10.8 Å². The number of azide groups is 1. The van der Waals surface area contributed by atoms with E-state index in [1.807, 2.05) is 0 Å². The van der Waals surface area contributed by atoms with Gasteiger partial charge in [0.15, 0.2) is 25.7 Å². The number of aromatic amines is 1. The van der Waals surface area contributed by atoms with E-state index in [0.717, 1.165) is 0 Å². The molecule has 0 aromatic carbocycles. The fraction of sp³-hybridized carbons (Fsp3) is 0.700. The molecule has 2 fully saturated rings. The number of carbonyl (C=O) groups excluding carboxylic acids is 1. The highest BCUT2D eigenvalue weighted by Crippen LogP contribution is 2.60. The maximum Gasteiger partial charge on any atom is 0.280 e. The lowest BCUT2D eigenvalue weighted by atomic mass is 10.1. The van der Waals surface area contributed by atoms with Crippen LogP contribution in [0.15, 0.2) is 16.2 Å². The number of hydrogen-bond acceptors (Lipinski definition) is 8. The molecular weight excluding hydrogens is 460 g/mol. The molecule has 0 spiro atoms. The Balaban J connectivity index is 1.67. The second-order valence-corrected chi connectivity index (χ2v) is 15.4. The molecule has 3 heterocycles. The van der Waals surface area contributed by atoms with Crippen LogP contribution in [0.5, 0.6) is 0 Å². The first-order valence-electron chi connectivity index (χ1n) is 11.1. The van der Waals surface area contributed by atoms with Gasteiger partial charge in [-0.3, -0.25) is 24.5 Å². The third-order valence-corrected chi connectivity index (χ3v) is 11.5. The molecule has 2 aromatic rings. The van der Waals surface area contributed by atoms with Crippen LogP contribution in [0.4, 0.5) is 5.95 Å². The van der Waals surface area contributed by atoms with Crippen LogP contribution >= 0.6 is 0 Å². The molecular formula is C20H30N8O5Si. The van der Waals surface area contributed by atoms with Crippen LogP contribution in [-0.4, -0.2) is 62.7 Å². The predicted octanol–water partition coefficient (Wildman–Crippen LogP) is 2.43. The molecule has 3 N–H and O–H groups in total. The van der Waals surface area contributed by atoms with E-state index in [-0.39, 0.29) is 34.0 Å². The molecule has 1 saturated carbocycles. The Morgan fingerprint density at radius 3 is 2.74 bits per heavy atom. The minimum atomic E-state index is -2.24. The highest BCUT2D eigenvalue weighted by Gasteiger charge is 2.78. The Morgan fingerprint density at radius 1 is 1.47 bits per heavy atom. The normalized spacial score (nSPS) is 28.6. The van der Waals surface area contributed by atoms with Crippen LogP contribution in [0.1, 0.15) is 40.8 Å². The number of carbonyl (C=O) groups is 1. The topological polar surface area (TPSA) is 180 Å². The third kappa shape index (κ3) is 3.62. The number of fused-ring (bicyclic) bond motifs is 2. The zero-order valence-corrected chi connectivity index (χ0v) is 21.2. The van der Waals surface area contributed by atoms with Crippen molar-refractivity contribution in [2.24, 2.45) is 11.0 Å². The molecule has 4 rings (SSSR count). The van der Waals surface area contributed by atoms with E-state index in [4.69, 9.17) is 9.16 Å². The number of H-pyrrole nitrogens is 1. The van der Waals surface area contributed by atoms with Crippen LogP contribution in [0, 0.1) is 5.92 Å². The maximum absolute atomic E-state index is 12.5. The highest BCUT2D eigenvalue weighted by molar-refractivity contribution is 6.74. The summed E-state index contributed by atoms with van der Waals surface area (Å²) in [7, 11) is -2.24. The van der Waals surface area contributed by atoms with E-state index < -0.39 is 44.0 Å². The molecule has 0 bridgehead atoms. The van der Waals surface area contributed by atoms with Crippen LogP contribution in [0.2, 0.25) is 18.1 Å². The summed E-state index contributed by atoms with van der Waals surface area (Å²) < 4.78 is 13.9. The minimum Gasteiger partial charge on any atom is -0.410 e. The first-order chi connectivity index (χ1) is 15.7. The number of hydrogen-bond donors (Lipinski definition) is 3. The van der Waals surface area contributed by atoms with Crippen molar-refractivity contribution in [3.8, 4) is 0 Å². The molecule has 14 heteroatoms. The maximum atomic E-state index is 12.5. The van der Waals surface area contributed by atoms with Crippen LogP contribution in [-0.2, 0) is 14.0 Å². The van der Waals surface area contributed by atoms with Crippen LogP contribution in [0.3, 0.4) is 0 Å². The average molecular weight is 491 g/mol. The van der Waals surface area contributed by atoms with Gasteiger partial charge >= 0.3 is 0 Å². The van der Waals surface area contributed by atoms with Gasteiger partial charge in [0.25, 0.3) is 5.56 Å². The lowest BCUT2D eigenvalue weighted by Crippen LogP contribution is -2.45. The first-order valence-corrected chi connectivity index (χ1v) is 14.0. The summed E-state index contributed by atoms with van der Waals surface area (Å²) >= 11 is 0. The molecule has 34 heavy (non-hydrogen) atoms. The smallest absolute Gasteiger partial charge is 0.280 e. The number of nitrogens with one attached hydrogen (secondary N) is 2. The lowest BCUT2D eigenvalue weighted by molar-refractivity contribution is -0.118. The number of rotatable bonds is 6. The largest absolute Gasteiger partial charge is 0.410 e. The standard InChI is InChI=1S/C20H30N8O5Si/c1-9(2)15(30)24-18-23-14-10(16(31)25-18)22-8-28(14)17-11(29)20(26-27-21)12(32-17)13(20)33-34(6,7)19(3,4)5/h8-9,11-13,17,29H,1-7H3,(H2,23,24,25,30,31)/t11-,12-,13?,17-,20?/m1/s1. The molecule has 184 valence electrons. The van der Waals surface area contributed by atoms with Crippen molar-refractivity contribution in [2.75, 3.05) is 5.32 Å². The molecule has 0 radical (unpaired) electrons. The molecule has 1 amide bonds. The van der Waals surface area contributed by atoms with Gasteiger partial charge in [-0.1, -0.05) is 39.7 Å². The van der Waals surface area contributed by atoms with E-state index in [0.29, 0.717) is 0 Å². The molecule has 1 aliphatic carbocycles. The number of imidazole rings is 1. The molecule has 2 unspecified atom stereocenters. The molecule has 2 aromatic heterocycles. The van der Waals surface area contributed by atoms with Crippen molar-refractivity contribution in [2.45, 2.75) is 82.8 Å². The monoisotopic (exact) mass is 490 g/mol. The summed E-state index contributed by atoms with van der Waals surface area (Å²) in [6, 6.07) is 0. The van der Waals surface area contributed by atoms with Crippen LogP contribution < -0.4 is 10.9 Å². The third-order valence-electron chi connectivity index (χ3n) is 7.03. The van der Waals surface area contributed by atoms with E-state index in [1.54, 1.807) is 13.8 Å². The van der Waals surface area contributed by atoms with Crippen molar-refractivity contribution < 1.29 is 19.1 Å². The van der Waals surface area contributed by atoms with Crippen molar-refractivity contribution in [1.29, 1.82) is 0 Å². The van der Waals surface area contributed by atoms with Crippen LogP contribution in [0.25, 0.3) is 21.6 Å². The Kier molecular flexibility index (Phi) is 5.65. The number of nitrogens with zero attached hydrogens (tertiary/aromatic N) is 6. The van der Waals surface area contributed by atoms with Crippen molar-refractivity contribution >= 4 is 31.3 Å². The Morgan fingerprint density at radius 2 is 2.15 bits per heavy atom. The second-order valence-electron chi connectivity index (χ2n) is 10.7. The fourth-order valence-electron chi connectivity index (χ4n) is 3.85. The summed E-state index contributed by atoms with van der Waals surface area (Å²) in [4.78, 5) is 38.4. The average Bonchev–Trinajstić information content (AvgIpc) is 2.99. The Bertz CT molecular complexity index is 1240. The number of aliphatic hydroxyl groups is 1. The zero-order valence-electron chi connectivity index (χ0n) is 20.2. The van der Waals surface area contributed by atoms with Gasteiger partial charge in [0.1, 0.15) is 17.7 Å². The number of ether oxygens (including phenoxy) is 1. The van der Waals surface area contributed by atoms with Crippen molar-refractivity contribution in [3.63, 3.8) is 0 Å². The summed E-state index contributed by atoms with van der Waals surface area (Å²) in [6.45, 7) is 13.8. The fourth-order valence-corrected chi connectivity index (χ4v) is 5.15. The van der Waals surface area contributed by atoms with E-state index >= 15 is 0 Å². The van der Waals surface area contributed by atoms with Crippen molar-refractivity contribution in [1.82, 2.24) is 19.5 Å². The number of aromatic nitrogens is 4. The number of anilines is 1. The summed E-state index contributed by atoms with van der Waals surface area (Å²) in [5.41, 5.74) is 7.53. The Labute approximate surface area is 196 Å². The van der Waals surface area contributed by atoms with Gasteiger partial charge in [-0.05, 0) is 23.7 Å². The minimum absolute atomic E-state index is 0.0193. The van der Waals surface area contributed by atoms with E-state index in [9.17, 15) is 20.2 Å².